The second kappa shape index (κ2) is 4.55. The molecular weight excluding hydrogens is 244 g/mol. The molecule has 2 rings (SSSR count). The number of imide groups is 2. The summed E-state index contributed by atoms with van der Waals surface area (Å²) in [6.45, 7) is 0.310. The van der Waals surface area contributed by atoms with Crippen molar-refractivity contribution in [1.82, 2.24) is 9.80 Å². The van der Waals surface area contributed by atoms with Crippen molar-refractivity contribution in [3.63, 3.8) is 0 Å². The first-order valence-corrected chi connectivity index (χ1v) is 5.37. The fourth-order valence-corrected chi connectivity index (χ4v) is 1.78. The Kier molecular flexibility index (Phi) is 3.10. The van der Waals surface area contributed by atoms with Crippen molar-refractivity contribution in [1.29, 1.82) is 0 Å². The summed E-state index contributed by atoms with van der Waals surface area (Å²) in [7, 11) is 0. The van der Waals surface area contributed by atoms with E-state index in [4.69, 9.17) is 11.6 Å². The fraction of sp³-hybridized carbons (Fsp3) is 0.182. The van der Waals surface area contributed by atoms with Gasteiger partial charge in [0, 0.05) is 18.7 Å². The van der Waals surface area contributed by atoms with Crippen molar-refractivity contribution < 1.29 is 14.4 Å². The van der Waals surface area contributed by atoms with E-state index in [1.165, 1.54) is 0 Å². The minimum atomic E-state index is -0.863. The van der Waals surface area contributed by atoms with Crippen LogP contribution < -0.4 is 0 Å². The molecule has 5 nitrogen and oxygen atoms in total. The first-order chi connectivity index (χ1) is 8.11. The Balaban J connectivity index is 2.18. The molecule has 6 heteroatoms. The SMILES string of the molecule is O=C(Cl)N1CCN(C(=O)c2ccccc2)C1=O. The van der Waals surface area contributed by atoms with E-state index in [0.717, 1.165) is 9.80 Å². The molecule has 0 aromatic heterocycles. The summed E-state index contributed by atoms with van der Waals surface area (Å²) in [6.07, 6.45) is 0. The van der Waals surface area contributed by atoms with E-state index in [0.29, 0.717) is 5.56 Å². The van der Waals surface area contributed by atoms with Gasteiger partial charge in [0.15, 0.2) is 0 Å². The van der Waals surface area contributed by atoms with Gasteiger partial charge in [-0.1, -0.05) is 18.2 Å². The fourth-order valence-electron chi connectivity index (χ4n) is 1.63. The molecule has 1 aromatic rings. The molecular formula is C11H9ClN2O3. The highest BCUT2D eigenvalue weighted by Crippen LogP contribution is 2.14. The van der Waals surface area contributed by atoms with Crippen LogP contribution in [0.4, 0.5) is 9.59 Å². The van der Waals surface area contributed by atoms with E-state index >= 15 is 0 Å². The molecule has 0 N–H and O–H groups in total. The molecule has 1 aliphatic rings. The molecule has 1 saturated heterocycles. The monoisotopic (exact) mass is 252 g/mol. The second-order valence-electron chi connectivity index (χ2n) is 3.51. The number of hydrogen-bond acceptors (Lipinski definition) is 3. The predicted octanol–water partition coefficient (Wildman–Crippen LogP) is 1.92. The Labute approximate surface area is 103 Å². The van der Waals surface area contributed by atoms with Crippen LogP contribution in [-0.4, -0.2) is 40.2 Å². The molecule has 4 amide bonds. The number of urea groups is 1. The molecule has 0 radical (unpaired) electrons. The lowest BCUT2D eigenvalue weighted by atomic mass is 10.2. The Bertz CT molecular complexity index is 475. The number of nitrogens with zero attached hydrogens (tertiary/aromatic N) is 2. The summed E-state index contributed by atoms with van der Waals surface area (Å²) < 4.78 is 0. The maximum atomic E-state index is 11.9. The minimum absolute atomic E-state index is 0.139. The number of halogens is 1. The van der Waals surface area contributed by atoms with Crippen molar-refractivity contribution >= 4 is 28.9 Å². The van der Waals surface area contributed by atoms with Gasteiger partial charge in [0.2, 0.25) is 0 Å². The van der Waals surface area contributed by atoms with Crippen LogP contribution in [0.3, 0.4) is 0 Å². The van der Waals surface area contributed by atoms with Crippen molar-refractivity contribution in [3.05, 3.63) is 35.9 Å². The number of rotatable bonds is 1. The largest absolute Gasteiger partial charge is 0.334 e. The molecule has 0 spiro atoms. The van der Waals surface area contributed by atoms with Gasteiger partial charge in [0.05, 0.1) is 0 Å². The van der Waals surface area contributed by atoms with Gasteiger partial charge < -0.3 is 0 Å². The molecule has 1 heterocycles. The summed E-state index contributed by atoms with van der Waals surface area (Å²) in [6, 6.07) is 7.74. The zero-order valence-corrected chi connectivity index (χ0v) is 9.55. The molecule has 17 heavy (non-hydrogen) atoms. The first-order valence-electron chi connectivity index (χ1n) is 4.99. The van der Waals surface area contributed by atoms with Crippen molar-refractivity contribution in [2.75, 3.05) is 13.1 Å². The first kappa shape index (κ1) is 11.6. The third-order valence-electron chi connectivity index (χ3n) is 2.49. The number of carbonyl (C=O) groups excluding carboxylic acids is 3. The lowest BCUT2D eigenvalue weighted by Crippen LogP contribution is -2.37. The summed E-state index contributed by atoms with van der Waals surface area (Å²) in [5, 5.41) is -0.863. The normalized spacial score (nSPS) is 15.2. The molecule has 0 bridgehead atoms. The molecule has 1 aliphatic heterocycles. The summed E-state index contributed by atoms with van der Waals surface area (Å²) in [4.78, 5) is 36.4. The van der Waals surface area contributed by atoms with E-state index in [9.17, 15) is 14.4 Å². The smallest absolute Gasteiger partial charge is 0.269 e. The van der Waals surface area contributed by atoms with Gasteiger partial charge in [-0.3, -0.25) is 14.5 Å². The summed E-state index contributed by atoms with van der Waals surface area (Å²) in [5.41, 5.74) is 0.407. The van der Waals surface area contributed by atoms with Crippen molar-refractivity contribution in [2.45, 2.75) is 0 Å². The van der Waals surface area contributed by atoms with Gasteiger partial charge >= 0.3 is 11.4 Å². The van der Waals surface area contributed by atoms with Crippen LogP contribution in [0.1, 0.15) is 10.4 Å². The maximum Gasteiger partial charge on any atom is 0.334 e. The van der Waals surface area contributed by atoms with Gasteiger partial charge in [0.25, 0.3) is 5.91 Å². The quantitative estimate of drug-likeness (QED) is 0.567. The van der Waals surface area contributed by atoms with Crippen LogP contribution in [0.2, 0.25) is 0 Å². The Hall–Kier alpha value is -1.88. The highest BCUT2D eigenvalue weighted by molar-refractivity contribution is 6.64. The van der Waals surface area contributed by atoms with Crippen LogP contribution in [-0.2, 0) is 0 Å². The van der Waals surface area contributed by atoms with E-state index in [2.05, 4.69) is 0 Å². The number of amides is 4. The van der Waals surface area contributed by atoms with Gasteiger partial charge in [-0.15, -0.1) is 0 Å². The van der Waals surface area contributed by atoms with Gasteiger partial charge in [-0.2, -0.15) is 0 Å². The third kappa shape index (κ3) is 2.14. The standard InChI is InChI=1S/C11H9ClN2O3/c12-10(16)14-7-6-13(11(14)17)9(15)8-4-2-1-3-5-8/h1-5H,6-7H2. The van der Waals surface area contributed by atoms with Gasteiger partial charge in [0.1, 0.15) is 0 Å². The summed E-state index contributed by atoms with van der Waals surface area (Å²) >= 11 is 5.22. The highest BCUT2D eigenvalue weighted by Gasteiger charge is 2.36. The average molecular weight is 253 g/mol. The van der Waals surface area contributed by atoms with E-state index in [1.54, 1.807) is 30.3 Å². The lowest BCUT2D eigenvalue weighted by molar-refractivity contribution is 0.0825. The predicted molar refractivity (Wildman–Crippen MR) is 60.8 cm³/mol. The van der Waals surface area contributed by atoms with E-state index < -0.39 is 17.3 Å². The van der Waals surface area contributed by atoms with Crippen LogP contribution in [0, 0.1) is 0 Å². The minimum Gasteiger partial charge on any atom is -0.269 e. The average Bonchev–Trinajstić information content (AvgIpc) is 2.71. The van der Waals surface area contributed by atoms with Gasteiger partial charge in [-0.25, -0.2) is 9.69 Å². The van der Waals surface area contributed by atoms with Crippen molar-refractivity contribution in [3.8, 4) is 0 Å². The molecule has 1 aromatic carbocycles. The molecule has 1 fully saturated rings. The van der Waals surface area contributed by atoms with Crippen molar-refractivity contribution in [2.24, 2.45) is 0 Å². The lowest BCUT2D eigenvalue weighted by Gasteiger charge is -2.14. The molecule has 0 saturated carbocycles. The van der Waals surface area contributed by atoms with E-state index in [-0.39, 0.29) is 13.1 Å². The topological polar surface area (TPSA) is 57.7 Å². The molecule has 88 valence electrons. The van der Waals surface area contributed by atoms with Gasteiger partial charge in [-0.05, 0) is 23.7 Å². The number of hydrogen-bond donors (Lipinski definition) is 0. The van der Waals surface area contributed by atoms with Crippen LogP contribution in [0.25, 0.3) is 0 Å². The van der Waals surface area contributed by atoms with E-state index in [1.807, 2.05) is 0 Å². The molecule has 0 aliphatic carbocycles. The van der Waals surface area contributed by atoms with Crippen LogP contribution >= 0.6 is 11.6 Å². The third-order valence-corrected chi connectivity index (χ3v) is 2.69. The Morgan fingerprint density at radius 1 is 1.06 bits per heavy atom. The number of carbonyl (C=O) groups is 3. The van der Waals surface area contributed by atoms with Crippen LogP contribution in [0.5, 0.6) is 0 Å². The molecule has 0 atom stereocenters. The highest BCUT2D eigenvalue weighted by atomic mass is 35.5. The maximum absolute atomic E-state index is 11.9. The summed E-state index contributed by atoms with van der Waals surface area (Å²) in [5.74, 6) is -0.420. The molecule has 0 unspecified atom stereocenters. The Morgan fingerprint density at radius 2 is 1.65 bits per heavy atom. The number of benzene rings is 1. The van der Waals surface area contributed by atoms with Crippen LogP contribution in [0.15, 0.2) is 30.3 Å². The zero-order valence-electron chi connectivity index (χ0n) is 8.80. The Morgan fingerprint density at radius 3 is 2.18 bits per heavy atom. The second-order valence-corrected chi connectivity index (χ2v) is 3.83. The zero-order chi connectivity index (χ0) is 12.4.